The molecular formula is C27H40O8S. The van der Waals surface area contributed by atoms with Crippen LogP contribution in [-0.4, -0.2) is 48.6 Å². The minimum Gasteiger partial charge on any atom is -0.464 e. The molecule has 9 heteroatoms. The van der Waals surface area contributed by atoms with E-state index in [1.54, 1.807) is 0 Å². The van der Waals surface area contributed by atoms with Crippen molar-refractivity contribution in [2.24, 2.45) is 45.8 Å². The summed E-state index contributed by atoms with van der Waals surface area (Å²) >= 11 is 0. The standard InChI is InChI=1S/C27H40O8S/c1-16(5-8-24(31)35-11-12-36(32,33)34)19-6-7-20-26(19,3)23(30)15-21-25(2)10-9-18(28)13-17(25)14-22(29)27(20,21)4/h16-17,19-21H,5-15H2,1-4H3,(H,32,33,34)/t16-,17+,19-,20-,21-,25+,26-,27+/m1/s1. The molecule has 8 nitrogen and oxygen atoms in total. The van der Waals surface area contributed by atoms with Crippen molar-refractivity contribution in [2.75, 3.05) is 12.4 Å². The molecule has 0 bridgehead atoms. The molecule has 202 valence electrons. The molecule has 0 spiro atoms. The van der Waals surface area contributed by atoms with Crippen molar-refractivity contribution in [3.05, 3.63) is 0 Å². The van der Waals surface area contributed by atoms with E-state index < -0.39 is 32.7 Å². The molecule has 0 unspecified atom stereocenters. The third-order valence-electron chi connectivity index (χ3n) is 11.0. The number of fused-ring (bicyclic) bond motifs is 5. The van der Waals surface area contributed by atoms with Gasteiger partial charge in [-0.25, -0.2) is 0 Å². The summed E-state index contributed by atoms with van der Waals surface area (Å²) in [6, 6.07) is 0. The van der Waals surface area contributed by atoms with Crippen molar-refractivity contribution in [3.63, 3.8) is 0 Å². The minimum atomic E-state index is -4.19. The van der Waals surface area contributed by atoms with E-state index in [0.717, 1.165) is 19.3 Å². The minimum absolute atomic E-state index is 0.0319. The second kappa shape index (κ2) is 9.29. The van der Waals surface area contributed by atoms with Gasteiger partial charge < -0.3 is 4.74 Å². The van der Waals surface area contributed by atoms with E-state index in [0.29, 0.717) is 32.1 Å². The van der Waals surface area contributed by atoms with Gasteiger partial charge in [0.25, 0.3) is 10.1 Å². The number of ether oxygens (including phenoxy) is 1. The molecule has 0 aromatic heterocycles. The number of hydrogen-bond acceptors (Lipinski definition) is 7. The van der Waals surface area contributed by atoms with Gasteiger partial charge in [-0.2, -0.15) is 8.42 Å². The molecule has 0 aromatic carbocycles. The fourth-order valence-electron chi connectivity index (χ4n) is 8.88. The van der Waals surface area contributed by atoms with Crippen LogP contribution in [0.1, 0.15) is 85.5 Å². The van der Waals surface area contributed by atoms with Gasteiger partial charge in [0.1, 0.15) is 29.7 Å². The Bertz CT molecular complexity index is 1070. The number of carbonyl (C=O) groups excluding carboxylic acids is 4. The van der Waals surface area contributed by atoms with Crippen LogP contribution in [0.4, 0.5) is 0 Å². The molecule has 4 fully saturated rings. The average molecular weight is 525 g/mol. The molecule has 0 heterocycles. The molecular weight excluding hydrogens is 484 g/mol. The number of carbonyl (C=O) groups is 4. The Kier molecular flexibility index (Phi) is 7.08. The molecule has 0 saturated heterocycles. The van der Waals surface area contributed by atoms with Gasteiger partial charge in [0.15, 0.2) is 0 Å². The van der Waals surface area contributed by atoms with Crippen molar-refractivity contribution in [1.29, 1.82) is 0 Å². The molecule has 4 rings (SSSR count). The zero-order valence-corrected chi connectivity index (χ0v) is 22.7. The highest BCUT2D eigenvalue weighted by Crippen LogP contribution is 2.70. The van der Waals surface area contributed by atoms with Gasteiger partial charge in [-0.1, -0.05) is 27.7 Å². The molecule has 4 aliphatic rings. The SMILES string of the molecule is C[C@H](CCC(=O)OCCS(=O)(=O)O)[C@H]1CC[C@@H]2[C@]1(C)C(=O)C[C@@H]1[C@@]3(C)CCC(=O)C[C@H]3CC(=O)[C@@]21C. The van der Waals surface area contributed by atoms with Crippen LogP contribution in [0.15, 0.2) is 0 Å². The Hall–Kier alpha value is -1.61. The van der Waals surface area contributed by atoms with Gasteiger partial charge in [0.2, 0.25) is 0 Å². The van der Waals surface area contributed by atoms with E-state index in [4.69, 9.17) is 9.29 Å². The summed E-state index contributed by atoms with van der Waals surface area (Å²) in [4.78, 5) is 52.0. The fourth-order valence-corrected chi connectivity index (χ4v) is 9.18. The molecule has 0 aromatic rings. The number of esters is 1. The Morgan fingerprint density at radius 1 is 1.03 bits per heavy atom. The number of rotatable bonds is 7. The summed E-state index contributed by atoms with van der Waals surface area (Å²) in [5, 5.41) is 0. The van der Waals surface area contributed by atoms with E-state index in [-0.39, 0.29) is 65.4 Å². The van der Waals surface area contributed by atoms with Crippen LogP contribution < -0.4 is 0 Å². The molecule has 4 saturated carbocycles. The summed E-state index contributed by atoms with van der Waals surface area (Å²) in [6.45, 7) is 7.98. The monoisotopic (exact) mass is 524 g/mol. The van der Waals surface area contributed by atoms with Crippen LogP contribution in [0.5, 0.6) is 0 Å². The summed E-state index contributed by atoms with van der Waals surface area (Å²) in [6.07, 6.45) is 4.75. The van der Waals surface area contributed by atoms with E-state index in [9.17, 15) is 27.6 Å². The average Bonchev–Trinajstić information content (AvgIpc) is 3.15. The van der Waals surface area contributed by atoms with Gasteiger partial charge in [-0.15, -0.1) is 0 Å². The van der Waals surface area contributed by atoms with Gasteiger partial charge in [0, 0.05) is 42.9 Å². The van der Waals surface area contributed by atoms with Crippen molar-refractivity contribution in [1.82, 2.24) is 0 Å². The highest BCUT2D eigenvalue weighted by atomic mass is 32.2. The second-order valence-electron chi connectivity index (χ2n) is 12.6. The normalized spacial score (nSPS) is 41.3. The maximum Gasteiger partial charge on any atom is 0.305 e. The first-order valence-electron chi connectivity index (χ1n) is 13.3. The van der Waals surface area contributed by atoms with Crippen LogP contribution in [0, 0.1) is 45.8 Å². The fraction of sp³-hybridized carbons (Fsp3) is 0.852. The van der Waals surface area contributed by atoms with Crippen LogP contribution in [0.25, 0.3) is 0 Å². The van der Waals surface area contributed by atoms with Gasteiger partial charge in [-0.3, -0.25) is 23.7 Å². The molecule has 4 aliphatic carbocycles. The quantitative estimate of drug-likeness (QED) is 0.393. The van der Waals surface area contributed by atoms with E-state index in [2.05, 4.69) is 13.8 Å². The lowest BCUT2D eigenvalue weighted by Gasteiger charge is -2.63. The third-order valence-corrected chi connectivity index (χ3v) is 11.7. The highest BCUT2D eigenvalue weighted by molar-refractivity contribution is 7.85. The molecule has 0 aliphatic heterocycles. The Morgan fingerprint density at radius 2 is 1.69 bits per heavy atom. The summed E-state index contributed by atoms with van der Waals surface area (Å²) in [5.41, 5.74) is -1.40. The number of hydrogen-bond donors (Lipinski definition) is 1. The lowest BCUT2D eigenvalue weighted by Crippen LogP contribution is -2.65. The summed E-state index contributed by atoms with van der Waals surface area (Å²) in [5.74, 6) is -0.465. The maximum absolute atomic E-state index is 13.9. The molecule has 36 heavy (non-hydrogen) atoms. The van der Waals surface area contributed by atoms with E-state index >= 15 is 0 Å². The van der Waals surface area contributed by atoms with Crippen molar-refractivity contribution >= 4 is 33.4 Å². The van der Waals surface area contributed by atoms with Gasteiger partial charge in [-0.05, 0) is 60.7 Å². The van der Waals surface area contributed by atoms with Gasteiger partial charge in [0.05, 0.1) is 0 Å². The smallest absolute Gasteiger partial charge is 0.305 e. The van der Waals surface area contributed by atoms with E-state index in [1.807, 2.05) is 13.8 Å². The molecule has 8 atom stereocenters. The largest absolute Gasteiger partial charge is 0.464 e. The van der Waals surface area contributed by atoms with Crippen molar-refractivity contribution < 1.29 is 36.9 Å². The number of Topliss-reactive ketones (excluding diaryl/α,β-unsaturated/α-hetero) is 3. The van der Waals surface area contributed by atoms with Crippen LogP contribution in [-0.2, 0) is 34.0 Å². The maximum atomic E-state index is 13.9. The Labute approximate surface area is 214 Å². The van der Waals surface area contributed by atoms with Crippen LogP contribution >= 0.6 is 0 Å². The lowest BCUT2D eigenvalue weighted by molar-refractivity contribution is -0.185. The van der Waals surface area contributed by atoms with Crippen molar-refractivity contribution in [3.8, 4) is 0 Å². The predicted octanol–water partition coefficient (Wildman–Crippen LogP) is 3.81. The summed E-state index contributed by atoms with van der Waals surface area (Å²) < 4.78 is 35.3. The van der Waals surface area contributed by atoms with Crippen molar-refractivity contribution in [2.45, 2.75) is 85.5 Å². The third kappa shape index (κ3) is 4.38. The first-order chi connectivity index (χ1) is 16.6. The molecule has 0 amide bonds. The number of ketones is 3. The first kappa shape index (κ1) is 27.4. The summed E-state index contributed by atoms with van der Waals surface area (Å²) in [7, 11) is -4.19. The van der Waals surface area contributed by atoms with Crippen LogP contribution in [0.2, 0.25) is 0 Å². The zero-order chi connectivity index (χ0) is 26.7. The van der Waals surface area contributed by atoms with Crippen LogP contribution in [0.3, 0.4) is 0 Å². The molecule has 0 radical (unpaired) electrons. The predicted molar refractivity (Wildman–Crippen MR) is 131 cm³/mol. The topological polar surface area (TPSA) is 132 Å². The second-order valence-corrected chi connectivity index (χ2v) is 14.1. The first-order valence-corrected chi connectivity index (χ1v) is 14.9. The Morgan fingerprint density at radius 3 is 2.36 bits per heavy atom. The van der Waals surface area contributed by atoms with Gasteiger partial charge >= 0.3 is 5.97 Å². The molecule has 1 N–H and O–H groups in total. The lowest BCUT2D eigenvalue weighted by atomic mass is 9.38. The Balaban J connectivity index is 1.50. The zero-order valence-electron chi connectivity index (χ0n) is 21.9. The van der Waals surface area contributed by atoms with E-state index in [1.165, 1.54) is 0 Å². The highest BCUT2D eigenvalue weighted by Gasteiger charge is 2.71.